The standard InChI is InChI=1S/C22H20BrClN2O4S/c1-2-30-20-10-8-19(9-11-20)26(31(28,29)21-12-6-17(24)7-13-21)15-22(27)25-18-5-3-4-16(23)14-18/h3-14H,2,15H2,1H3,(H,25,27). The molecule has 0 radical (unpaired) electrons. The predicted molar refractivity (Wildman–Crippen MR) is 126 cm³/mol. The molecule has 3 rings (SSSR count). The summed E-state index contributed by atoms with van der Waals surface area (Å²) in [6.07, 6.45) is 0. The van der Waals surface area contributed by atoms with Gasteiger partial charge >= 0.3 is 0 Å². The molecule has 1 amide bonds. The third kappa shape index (κ3) is 6.00. The van der Waals surface area contributed by atoms with Gasteiger partial charge in [-0.2, -0.15) is 0 Å². The zero-order valence-electron chi connectivity index (χ0n) is 16.6. The number of hydrogen-bond donors (Lipinski definition) is 1. The molecular weight excluding hydrogens is 504 g/mol. The van der Waals surface area contributed by atoms with Crippen molar-refractivity contribution in [2.75, 3.05) is 22.8 Å². The molecule has 0 atom stereocenters. The number of benzene rings is 3. The van der Waals surface area contributed by atoms with Crippen molar-refractivity contribution in [3.05, 3.63) is 82.3 Å². The van der Waals surface area contributed by atoms with Crippen LogP contribution in [0.5, 0.6) is 5.75 Å². The SMILES string of the molecule is CCOc1ccc(N(CC(=O)Nc2cccc(Br)c2)S(=O)(=O)c2ccc(Cl)cc2)cc1. The topological polar surface area (TPSA) is 75.7 Å². The molecule has 0 aliphatic rings. The van der Waals surface area contributed by atoms with Crippen LogP contribution in [0, 0.1) is 0 Å². The Morgan fingerprint density at radius 3 is 2.35 bits per heavy atom. The van der Waals surface area contributed by atoms with Crippen molar-refractivity contribution in [1.29, 1.82) is 0 Å². The Bertz CT molecular complexity index is 1150. The second-order valence-corrected chi connectivity index (χ2v) is 9.67. The summed E-state index contributed by atoms with van der Waals surface area (Å²) in [5.41, 5.74) is 0.887. The molecule has 3 aromatic carbocycles. The number of hydrogen-bond acceptors (Lipinski definition) is 4. The summed E-state index contributed by atoms with van der Waals surface area (Å²) in [4.78, 5) is 12.8. The van der Waals surface area contributed by atoms with Gasteiger partial charge < -0.3 is 10.1 Å². The molecule has 0 heterocycles. The number of nitrogens with one attached hydrogen (secondary N) is 1. The number of ether oxygens (including phenoxy) is 1. The molecule has 0 spiro atoms. The Balaban J connectivity index is 1.93. The Morgan fingerprint density at radius 1 is 1.06 bits per heavy atom. The van der Waals surface area contributed by atoms with Gasteiger partial charge in [0, 0.05) is 15.2 Å². The van der Waals surface area contributed by atoms with Crippen molar-refractivity contribution in [3.63, 3.8) is 0 Å². The number of rotatable bonds is 8. The van der Waals surface area contributed by atoms with Gasteiger partial charge in [0.2, 0.25) is 5.91 Å². The fraction of sp³-hybridized carbons (Fsp3) is 0.136. The Kier molecular flexibility index (Phi) is 7.59. The van der Waals surface area contributed by atoms with Crippen molar-refractivity contribution in [2.24, 2.45) is 0 Å². The zero-order valence-corrected chi connectivity index (χ0v) is 19.7. The average molecular weight is 524 g/mol. The molecule has 9 heteroatoms. The maximum Gasteiger partial charge on any atom is 0.264 e. The molecule has 0 unspecified atom stereocenters. The monoisotopic (exact) mass is 522 g/mol. The lowest BCUT2D eigenvalue weighted by Gasteiger charge is -2.24. The zero-order chi connectivity index (χ0) is 22.4. The van der Waals surface area contributed by atoms with E-state index in [2.05, 4.69) is 21.2 Å². The predicted octanol–water partition coefficient (Wildman–Crippen LogP) is 5.34. The molecule has 1 N–H and O–H groups in total. The highest BCUT2D eigenvalue weighted by molar-refractivity contribution is 9.10. The highest BCUT2D eigenvalue weighted by Crippen LogP contribution is 2.27. The van der Waals surface area contributed by atoms with Gasteiger partial charge in [-0.3, -0.25) is 9.10 Å². The van der Waals surface area contributed by atoms with E-state index in [0.717, 1.165) is 8.78 Å². The van der Waals surface area contributed by atoms with Crippen LogP contribution in [0.2, 0.25) is 5.02 Å². The van der Waals surface area contributed by atoms with Crippen LogP contribution < -0.4 is 14.4 Å². The van der Waals surface area contributed by atoms with Gasteiger partial charge in [0.05, 0.1) is 17.2 Å². The van der Waals surface area contributed by atoms with E-state index in [1.54, 1.807) is 42.5 Å². The van der Waals surface area contributed by atoms with E-state index < -0.39 is 22.5 Å². The summed E-state index contributed by atoms with van der Waals surface area (Å²) in [5, 5.41) is 3.14. The van der Waals surface area contributed by atoms with E-state index in [1.807, 2.05) is 13.0 Å². The average Bonchev–Trinajstić information content (AvgIpc) is 2.73. The van der Waals surface area contributed by atoms with E-state index in [1.165, 1.54) is 24.3 Å². The van der Waals surface area contributed by atoms with Crippen LogP contribution in [0.4, 0.5) is 11.4 Å². The van der Waals surface area contributed by atoms with Crippen molar-refractivity contribution >= 4 is 54.8 Å². The molecule has 0 saturated heterocycles. The second-order valence-electron chi connectivity index (χ2n) is 6.45. The van der Waals surface area contributed by atoms with E-state index >= 15 is 0 Å². The highest BCUT2D eigenvalue weighted by atomic mass is 79.9. The number of amides is 1. The summed E-state index contributed by atoms with van der Waals surface area (Å²) in [6.45, 7) is 1.93. The van der Waals surface area contributed by atoms with Crippen LogP contribution >= 0.6 is 27.5 Å². The van der Waals surface area contributed by atoms with Gasteiger partial charge in [0.1, 0.15) is 12.3 Å². The minimum Gasteiger partial charge on any atom is -0.494 e. The van der Waals surface area contributed by atoms with Gasteiger partial charge in [-0.25, -0.2) is 8.42 Å². The number of carbonyl (C=O) groups is 1. The van der Waals surface area contributed by atoms with E-state index in [0.29, 0.717) is 28.8 Å². The molecule has 0 aromatic heterocycles. The Labute approximate surface area is 195 Å². The minimum atomic E-state index is -4.03. The molecule has 0 aliphatic heterocycles. The lowest BCUT2D eigenvalue weighted by Crippen LogP contribution is -2.38. The van der Waals surface area contributed by atoms with Crippen LogP contribution in [0.1, 0.15) is 6.92 Å². The third-order valence-corrected chi connectivity index (χ3v) is 6.77. The normalized spacial score (nSPS) is 11.1. The van der Waals surface area contributed by atoms with Crippen molar-refractivity contribution in [3.8, 4) is 5.75 Å². The van der Waals surface area contributed by atoms with Gasteiger partial charge in [-0.1, -0.05) is 33.6 Å². The van der Waals surface area contributed by atoms with E-state index in [9.17, 15) is 13.2 Å². The first-order chi connectivity index (χ1) is 14.8. The molecule has 6 nitrogen and oxygen atoms in total. The molecule has 0 saturated carbocycles. The first kappa shape index (κ1) is 23.1. The molecule has 31 heavy (non-hydrogen) atoms. The Morgan fingerprint density at radius 2 is 1.74 bits per heavy atom. The summed E-state index contributed by atoms with van der Waals surface area (Å²) in [7, 11) is -4.03. The first-order valence-corrected chi connectivity index (χ1v) is 12.0. The van der Waals surface area contributed by atoms with Gasteiger partial charge in [0.25, 0.3) is 10.0 Å². The number of nitrogens with zero attached hydrogens (tertiary/aromatic N) is 1. The quantitative estimate of drug-likeness (QED) is 0.433. The first-order valence-electron chi connectivity index (χ1n) is 9.36. The third-order valence-electron chi connectivity index (χ3n) is 4.23. The summed E-state index contributed by atoms with van der Waals surface area (Å²) < 4.78 is 34.0. The summed E-state index contributed by atoms with van der Waals surface area (Å²) in [6, 6.07) is 19.4. The number of sulfonamides is 1. The maximum atomic E-state index is 13.4. The fourth-order valence-electron chi connectivity index (χ4n) is 2.82. The van der Waals surface area contributed by atoms with Crippen molar-refractivity contribution in [2.45, 2.75) is 11.8 Å². The fourth-order valence-corrected chi connectivity index (χ4v) is 4.77. The van der Waals surface area contributed by atoms with Crippen LogP contribution in [-0.4, -0.2) is 27.5 Å². The smallest absolute Gasteiger partial charge is 0.264 e. The van der Waals surface area contributed by atoms with Gasteiger partial charge in [-0.15, -0.1) is 0 Å². The molecule has 0 aliphatic carbocycles. The van der Waals surface area contributed by atoms with E-state index in [-0.39, 0.29) is 4.90 Å². The summed E-state index contributed by atoms with van der Waals surface area (Å²) in [5.74, 6) is 0.123. The number of halogens is 2. The molecular formula is C22H20BrClN2O4S. The number of anilines is 2. The van der Waals surface area contributed by atoms with Gasteiger partial charge in [-0.05, 0) is 73.7 Å². The van der Waals surface area contributed by atoms with Gasteiger partial charge in [0.15, 0.2) is 0 Å². The molecule has 0 fully saturated rings. The van der Waals surface area contributed by atoms with Crippen LogP contribution in [-0.2, 0) is 14.8 Å². The molecule has 0 bridgehead atoms. The van der Waals surface area contributed by atoms with Crippen LogP contribution in [0.25, 0.3) is 0 Å². The highest BCUT2D eigenvalue weighted by Gasteiger charge is 2.27. The van der Waals surface area contributed by atoms with Crippen LogP contribution in [0.3, 0.4) is 0 Å². The lowest BCUT2D eigenvalue weighted by atomic mass is 10.3. The second kappa shape index (κ2) is 10.2. The lowest BCUT2D eigenvalue weighted by molar-refractivity contribution is -0.114. The Hall–Kier alpha value is -2.55. The van der Waals surface area contributed by atoms with Crippen molar-refractivity contribution < 1.29 is 17.9 Å². The van der Waals surface area contributed by atoms with Crippen molar-refractivity contribution in [1.82, 2.24) is 0 Å². The minimum absolute atomic E-state index is 0.0287. The maximum absolute atomic E-state index is 13.4. The number of carbonyl (C=O) groups excluding carboxylic acids is 1. The largest absolute Gasteiger partial charge is 0.494 e. The van der Waals surface area contributed by atoms with E-state index in [4.69, 9.17) is 16.3 Å². The summed E-state index contributed by atoms with van der Waals surface area (Å²) >= 11 is 9.25. The molecule has 3 aromatic rings. The van der Waals surface area contributed by atoms with Crippen LogP contribution in [0.15, 0.2) is 82.2 Å². The molecule has 162 valence electrons.